The molecule has 0 amide bonds. The lowest BCUT2D eigenvalue weighted by atomic mass is 10.1. The van der Waals surface area contributed by atoms with E-state index in [4.69, 9.17) is 4.74 Å². The molecule has 0 saturated heterocycles. The highest BCUT2D eigenvalue weighted by atomic mass is 32.2. The average Bonchev–Trinajstić information content (AvgIpc) is 2.76. The number of esters is 1. The minimum absolute atomic E-state index is 0.182. The number of hydrogen-bond acceptors (Lipinski definition) is 5. The number of hydrogen-bond donors (Lipinski definition) is 1. The number of ether oxygens (including phenoxy) is 1. The van der Waals surface area contributed by atoms with Crippen molar-refractivity contribution in [3.05, 3.63) is 72.3 Å². The average molecular weight is 427 g/mol. The van der Waals surface area contributed by atoms with E-state index in [0.717, 1.165) is 23.9 Å². The van der Waals surface area contributed by atoms with Gasteiger partial charge in [-0.2, -0.15) is 0 Å². The summed E-state index contributed by atoms with van der Waals surface area (Å²) in [6, 6.07) is 18.8. The number of sulfonamides is 1. The highest BCUT2D eigenvalue weighted by Crippen LogP contribution is 2.21. The number of carbonyl (C=O) groups excluding carboxylic acids is 1. The summed E-state index contributed by atoms with van der Waals surface area (Å²) in [4.78, 5) is 14.5. The van der Waals surface area contributed by atoms with Crippen LogP contribution >= 0.6 is 0 Å². The third-order valence-electron chi connectivity index (χ3n) is 4.94. The van der Waals surface area contributed by atoms with Crippen LogP contribution in [0.25, 0.3) is 10.8 Å². The number of nitrogens with zero attached hydrogens (tertiary/aromatic N) is 1. The van der Waals surface area contributed by atoms with Crippen molar-refractivity contribution in [2.24, 2.45) is 0 Å². The maximum atomic E-state index is 12.7. The molecule has 0 spiro atoms. The summed E-state index contributed by atoms with van der Waals surface area (Å²) in [6.07, 6.45) is 0. The standard InChI is InChI=1S/C23H26N2O4S/c1-3-25(4-2)15-16-29-23(26)19-9-12-21(13-10-19)24-30(27,28)22-14-11-18-7-5-6-8-20(18)17-22/h5-14,17,24H,3-4,15-16H2,1-2H3. The van der Waals surface area contributed by atoms with Crippen LogP contribution in [0.4, 0.5) is 5.69 Å². The summed E-state index contributed by atoms with van der Waals surface area (Å²) in [5.41, 5.74) is 0.756. The summed E-state index contributed by atoms with van der Waals surface area (Å²) in [7, 11) is -3.74. The molecule has 0 saturated carbocycles. The van der Waals surface area contributed by atoms with Gasteiger partial charge in [0.15, 0.2) is 0 Å². The molecule has 7 heteroatoms. The molecule has 0 unspecified atom stereocenters. The van der Waals surface area contributed by atoms with Gasteiger partial charge >= 0.3 is 5.97 Å². The Bertz CT molecular complexity index is 1110. The van der Waals surface area contributed by atoms with Gasteiger partial charge in [-0.25, -0.2) is 13.2 Å². The number of benzene rings is 3. The minimum Gasteiger partial charge on any atom is -0.461 e. The molecule has 6 nitrogen and oxygen atoms in total. The van der Waals surface area contributed by atoms with Gasteiger partial charge in [0.05, 0.1) is 10.5 Å². The summed E-state index contributed by atoms with van der Waals surface area (Å²) >= 11 is 0. The molecule has 0 heterocycles. The van der Waals surface area contributed by atoms with Crippen LogP contribution in [0.2, 0.25) is 0 Å². The smallest absolute Gasteiger partial charge is 0.338 e. The Balaban J connectivity index is 1.64. The molecule has 0 aliphatic heterocycles. The molecule has 0 radical (unpaired) electrons. The quantitative estimate of drug-likeness (QED) is 0.521. The Morgan fingerprint density at radius 2 is 1.60 bits per heavy atom. The Morgan fingerprint density at radius 1 is 0.933 bits per heavy atom. The van der Waals surface area contributed by atoms with Crippen LogP contribution in [0.3, 0.4) is 0 Å². The zero-order chi connectivity index (χ0) is 21.6. The van der Waals surface area contributed by atoms with Crippen LogP contribution < -0.4 is 4.72 Å². The van der Waals surface area contributed by atoms with Gasteiger partial charge in [-0.05, 0) is 60.3 Å². The Kier molecular flexibility index (Phi) is 7.07. The largest absolute Gasteiger partial charge is 0.461 e. The van der Waals surface area contributed by atoms with Crippen molar-refractivity contribution in [1.29, 1.82) is 0 Å². The van der Waals surface area contributed by atoms with Crippen molar-refractivity contribution in [1.82, 2.24) is 4.90 Å². The lowest BCUT2D eigenvalue weighted by Gasteiger charge is -2.17. The zero-order valence-electron chi connectivity index (χ0n) is 17.2. The van der Waals surface area contributed by atoms with Crippen molar-refractivity contribution < 1.29 is 17.9 Å². The normalized spacial score (nSPS) is 11.6. The highest BCUT2D eigenvalue weighted by Gasteiger charge is 2.15. The van der Waals surface area contributed by atoms with Gasteiger partial charge in [0.25, 0.3) is 10.0 Å². The molecule has 0 fully saturated rings. The van der Waals surface area contributed by atoms with E-state index in [9.17, 15) is 13.2 Å². The molecule has 0 aliphatic carbocycles. The summed E-state index contributed by atoms with van der Waals surface area (Å²) < 4.78 is 33.3. The van der Waals surface area contributed by atoms with E-state index in [1.165, 1.54) is 0 Å². The molecule has 0 atom stereocenters. The Morgan fingerprint density at radius 3 is 2.27 bits per heavy atom. The molecule has 158 valence electrons. The van der Waals surface area contributed by atoms with Crippen LogP contribution in [-0.2, 0) is 14.8 Å². The molecular weight excluding hydrogens is 400 g/mol. The monoisotopic (exact) mass is 426 g/mol. The lowest BCUT2D eigenvalue weighted by molar-refractivity contribution is 0.0466. The number of likely N-dealkylation sites (N-methyl/N-ethyl adjacent to an activating group) is 1. The zero-order valence-corrected chi connectivity index (χ0v) is 18.0. The topological polar surface area (TPSA) is 75.7 Å². The first-order chi connectivity index (χ1) is 14.4. The second kappa shape index (κ2) is 9.73. The van der Waals surface area contributed by atoms with Gasteiger partial charge in [-0.3, -0.25) is 4.72 Å². The first-order valence-electron chi connectivity index (χ1n) is 9.94. The molecule has 3 aromatic carbocycles. The number of carbonyl (C=O) groups is 1. The van der Waals surface area contributed by atoms with Gasteiger partial charge in [0.2, 0.25) is 0 Å². The van der Waals surface area contributed by atoms with E-state index < -0.39 is 16.0 Å². The molecular formula is C23H26N2O4S. The number of anilines is 1. The molecule has 0 aromatic heterocycles. The lowest BCUT2D eigenvalue weighted by Crippen LogP contribution is -2.27. The Hall–Kier alpha value is -2.90. The van der Waals surface area contributed by atoms with Gasteiger partial charge in [0, 0.05) is 12.2 Å². The van der Waals surface area contributed by atoms with Crippen LogP contribution in [0.15, 0.2) is 71.6 Å². The van der Waals surface area contributed by atoms with Crippen molar-refractivity contribution in [3.8, 4) is 0 Å². The van der Waals surface area contributed by atoms with Crippen molar-refractivity contribution in [3.63, 3.8) is 0 Å². The van der Waals surface area contributed by atoms with Crippen molar-refractivity contribution >= 4 is 32.5 Å². The van der Waals surface area contributed by atoms with Gasteiger partial charge < -0.3 is 9.64 Å². The molecule has 0 aliphatic rings. The van der Waals surface area contributed by atoms with E-state index in [2.05, 4.69) is 23.5 Å². The fraction of sp³-hybridized carbons (Fsp3) is 0.261. The maximum absolute atomic E-state index is 12.7. The summed E-state index contributed by atoms with van der Waals surface area (Å²) in [6.45, 7) is 6.92. The van der Waals surface area contributed by atoms with E-state index in [0.29, 0.717) is 24.4 Å². The van der Waals surface area contributed by atoms with E-state index >= 15 is 0 Å². The fourth-order valence-corrected chi connectivity index (χ4v) is 4.21. The summed E-state index contributed by atoms with van der Waals surface area (Å²) in [5, 5.41) is 1.82. The molecule has 3 aromatic rings. The number of nitrogens with one attached hydrogen (secondary N) is 1. The number of fused-ring (bicyclic) bond motifs is 1. The minimum atomic E-state index is -3.74. The first-order valence-corrected chi connectivity index (χ1v) is 11.4. The maximum Gasteiger partial charge on any atom is 0.338 e. The van der Waals surface area contributed by atoms with Gasteiger partial charge in [-0.15, -0.1) is 0 Å². The summed E-state index contributed by atoms with van der Waals surface area (Å²) in [5.74, 6) is -0.425. The first kappa shape index (κ1) is 21.8. The molecule has 3 rings (SSSR count). The fourth-order valence-electron chi connectivity index (χ4n) is 3.11. The van der Waals surface area contributed by atoms with E-state index in [-0.39, 0.29) is 4.90 Å². The van der Waals surface area contributed by atoms with Gasteiger partial charge in [-0.1, -0.05) is 44.2 Å². The molecule has 1 N–H and O–H groups in total. The highest BCUT2D eigenvalue weighted by molar-refractivity contribution is 7.92. The molecule has 0 bridgehead atoms. The van der Waals surface area contributed by atoms with E-state index in [1.807, 2.05) is 24.3 Å². The van der Waals surface area contributed by atoms with E-state index in [1.54, 1.807) is 42.5 Å². The second-order valence-corrected chi connectivity index (χ2v) is 8.54. The molecule has 30 heavy (non-hydrogen) atoms. The van der Waals surface area contributed by atoms with Gasteiger partial charge in [0.1, 0.15) is 6.61 Å². The number of rotatable bonds is 9. The van der Waals surface area contributed by atoms with Crippen LogP contribution in [0.1, 0.15) is 24.2 Å². The van der Waals surface area contributed by atoms with Crippen LogP contribution in [0, 0.1) is 0 Å². The Labute approximate surface area is 177 Å². The predicted molar refractivity (Wildman–Crippen MR) is 119 cm³/mol. The SMILES string of the molecule is CCN(CC)CCOC(=O)c1ccc(NS(=O)(=O)c2ccc3ccccc3c2)cc1. The third-order valence-corrected chi connectivity index (χ3v) is 6.32. The van der Waals surface area contributed by atoms with Crippen LogP contribution in [0.5, 0.6) is 0 Å². The van der Waals surface area contributed by atoms with Crippen LogP contribution in [-0.4, -0.2) is 45.5 Å². The predicted octanol–water partition coefficient (Wildman–Crippen LogP) is 4.14. The third kappa shape index (κ3) is 5.37. The van der Waals surface area contributed by atoms with Crippen molar-refractivity contribution in [2.45, 2.75) is 18.7 Å². The van der Waals surface area contributed by atoms with Crippen molar-refractivity contribution in [2.75, 3.05) is 31.0 Å². The second-order valence-electron chi connectivity index (χ2n) is 6.85.